The maximum atomic E-state index is 13.5. The van der Waals surface area contributed by atoms with Crippen LogP contribution in [0.4, 0.5) is 0 Å². The lowest BCUT2D eigenvalue weighted by Crippen LogP contribution is -2.54. The smallest absolute Gasteiger partial charge is 0.249 e. The van der Waals surface area contributed by atoms with E-state index in [0.29, 0.717) is 13.0 Å². The minimum Gasteiger partial charge on any atom is -0.343 e. The molecule has 1 aliphatic heterocycles. The van der Waals surface area contributed by atoms with E-state index in [0.717, 1.165) is 16.7 Å². The molecule has 0 fully saturated rings. The molecule has 196 valence electrons. The van der Waals surface area contributed by atoms with E-state index in [4.69, 9.17) is 0 Å². The monoisotopic (exact) mass is 510 g/mol. The number of nitrogens with one attached hydrogen (secondary N) is 2. The summed E-state index contributed by atoms with van der Waals surface area (Å²) in [5.41, 5.74) is 3.15. The number of amides is 3. The molecule has 0 saturated heterocycles. The molecule has 0 saturated carbocycles. The maximum absolute atomic E-state index is 13.5. The second kappa shape index (κ2) is 12.8. The molecule has 2 N–H and O–H groups in total. The first-order valence-corrected chi connectivity index (χ1v) is 12.9. The van der Waals surface area contributed by atoms with E-state index in [9.17, 15) is 14.4 Å². The van der Waals surface area contributed by atoms with Crippen LogP contribution in [0.15, 0.2) is 103 Å². The number of rotatable bonds is 10. The van der Waals surface area contributed by atoms with Gasteiger partial charge in [0.25, 0.3) is 0 Å². The van der Waals surface area contributed by atoms with E-state index in [1.54, 1.807) is 31.3 Å². The number of carbonyl (C=O) groups excluding carboxylic acids is 3. The molecule has 1 aliphatic rings. The van der Waals surface area contributed by atoms with Crippen LogP contribution in [0.3, 0.4) is 0 Å². The van der Waals surface area contributed by atoms with Gasteiger partial charge in [-0.25, -0.2) is 0 Å². The van der Waals surface area contributed by atoms with Crippen LogP contribution in [0.5, 0.6) is 0 Å². The molecule has 3 aromatic carbocycles. The molecule has 3 aromatic rings. The van der Waals surface area contributed by atoms with Crippen LogP contribution in [0.25, 0.3) is 0 Å². The van der Waals surface area contributed by atoms with E-state index < -0.39 is 12.1 Å². The Kier molecular flexibility index (Phi) is 9.06. The Morgan fingerprint density at radius 1 is 0.842 bits per heavy atom. The zero-order valence-electron chi connectivity index (χ0n) is 21.8. The molecular weight excluding hydrogens is 476 g/mol. The Labute approximate surface area is 224 Å². The van der Waals surface area contributed by atoms with Gasteiger partial charge < -0.3 is 20.4 Å². The number of nitrogens with zero attached hydrogens (tertiary/aromatic N) is 2. The summed E-state index contributed by atoms with van der Waals surface area (Å²) in [6.07, 6.45) is 3.64. The number of likely N-dealkylation sites (N-methyl/N-ethyl adjacent to an activating group) is 1. The van der Waals surface area contributed by atoms with E-state index in [1.807, 2.05) is 66.7 Å². The van der Waals surface area contributed by atoms with Crippen molar-refractivity contribution in [2.75, 3.05) is 20.1 Å². The molecule has 3 amide bonds. The summed E-state index contributed by atoms with van der Waals surface area (Å²) in [6, 6.07) is 28.5. The fourth-order valence-electron chi connectivity index (χ4n) is 4.50. The van der Waals surface area contributed by atoms with Crippen molar-refractivity contribution in [3.8, 4) is 0 Å². The third-order valence-corrected chi connectivity index (χ3v) is 6.84. The summed E-state index contributed by atoms with van der Waals surface area (Å²) in [5.74, 6) is -0.783. The highest BCUT2D eigenvalue weighted by molar-refractivity contribution is 5.93. The van der Waals surface area contributed by atoms with Crippen molar-refractivity contribution in [3.63, 3.8) is 0 Å². The van der Waals surface area contributed by atoms with Gasteiger partial charge in [-0.05, 0) is 30.7 Å². The van der Waals surface area contributed by atoms with Gasteiger partial charge in [0.2, 0.25) is 17.7 Å². The summed E-state index contributed by atoms with van der Waals surface area (Å²) < 4.78 is 0. The highest BCUT2D eigenvalue weighted by Crippen LogP contribution is 2.26. The van der Waals surface area contributed by atoms with Gasteiger partial charge >= 0.3 is 0 Å². The molecule has 1 heterocycles. The van der Waals surface area contributed by atoms with Crippen molar-refractivity contribution in [1.82, 2.24) is 20.4 Å². The van der Waals surface area contributed by atoms with Crippen molar-refractivity contribution >= 4 is 17.7 Å². The number of hydrogen-bond acceptors (Lipinski definition) is 4. The van der Waals surface area contributed by atoms with E-state index in [2.05, 4.69) is 34.9 Å². The number of benzene rings is 3. The molecule has 0 bridgehead atoms. The Morgan fingerprint density at radius 3 is 1.92 bits per heavy atom. The van der Waals surface area contributed by atoms with Gasteiger partial charge in [-0.1, -0.05) is 91.0 Å². The maximum Gasteiger partial charge on any atom is 0.249 e. The van der Waals surface area contributed by atoms with Crippen LogP contribution in [0.1, 0.15) is 29.5 Å². The highest BCUT2D eigenvalue weighted by Gasteiger charge is 2.31. The quantitative estimate of drug-likeness (QED) is 0.439. The number of carbonyl (C=O) groups is 3. The SMILES string of the molecule is CN[C@@H](C)C(=O)N[C@@H](Cc1ccccc1)C(=O)N1C=CN(CC(c2ccccc2)c2ccccc2)C(=O)C1. The summed E-state index contributed by atoms with van der Waals surface area (Å²) >= 11 is 0. The minimum absolute atomic E-state index is 0.0126. The second-order valence-electron chi connectivity index (χ2n) is 9.45. The molecule has 0 aromatic heterocycles. The summed E-state index contributed by atoms with van der Waals surface area (Å²) in [4.78, 5) is 42.5. The predicted octanol–water partition coefficient (Wildman–Crippen LogP) is 3.30. The Bertz CT molecular complexity index is 1210. The molecule has 4 rings (SSSR count). The van der Waals surface area contributed by atoms with Crippen LogP contribution in [-0.2, 0) is 20.8 Å². The Morgan fingerprint density at radius 2 is 1.39 bits per heavy atom. The molecule has 0 unspecified atom stereocenters. The molecule has 38 heavy (non-hydrogen) atoms. The first-order chi connectivity index (χ1) is 18.5. The second-order valence-corrected chi connectivity index (χ2v) is 9.45. The van der Waals surface area contributed by atoms with Crippen molar-refractivity contribution in [3.05, 3.63) is 120 Å². The first-order valence-electron chi connectivity index (χ1n) is 12.9. The normalized spacial score (nSPS) is 14.9. The summed E-state index contributed by atoms with van der Waals surface area (Å²) in [6.45, 7) is 2.10. The fourth-order valence-corrected chi connectivity index (χ4v) is 4.50. The van der Waals surface area contributed by atoms with Gasteiger partial charge in [0.05, 0.1) is 6.04 Å². The molecule has 0 spiro atoms. The first kappa shape index (κ1) is 26.8. The van der Waals surface area contributed by atoms with Gasteiger partial charge in [0, 0.05) is 31.3 Å². The Balaban J connectivity index is 1.52. The zero-order valence-corrected chi connectivity index (χ0v) is 21.8. The molecule has 7 nitrogen and oxygen atoms in total. The van der Waals surface area contributed by atoms with Crippen molar-refractivity contribution in [1.29, 1.82) is 0 Å². The molecule has 0 aliphatic carbocycles. The molecule has 7 heteroatoms. The minimum atomic E-state index is -0.800. The van der Waals surface area contributed by atoms with E-state index in [1.165, 1.54) is 4.90 Å². The standard InChI is InChI=1S/C31H34N4O3/c1-23(32-2)30(37)33-28(20-24-12-6-3-7-13-24)31(38)35-19-18-34(29(36)22-35)21-27(25-14-8-4-9-15-25)26-16-10-5-11-17-26/h3-19,23,27-28,32H,20-22H2,1-2H3,(H,33,37)/t23-,28-/m0/s1. The van der Waals surface area contributed by atoms with Crippen LogP contribution >= 0.6 is 0 Å². The zero-order chi connectivity index (χ0) is 26.9. The fraction of sp³-hybridized carbons (Fsp3) is 0.258. The predicted molar refractivity (Wildman–Crippen MR) is 148 cm³/mol. The van der Waals surface area contributed by atoms with Gasteiger partial charge in [-0.2, -0.15) is 0 Å². The lowest BCUT2D eigenvalue weighted by molar-refractivity contribution is -0.140. The molecule has 2 atom stereocenters. The molecule has 0 radical (unpaired) electrons. The lowest BCUT2D eigenvalue weighted by Gasteiger charge is -2.33. The van der Waals surface area contributed by atoms with Crippen LogP contribution in [-0.4, -0.2) is 59.7 Å². The van der Waals surface area contributed by atoms with Crippen molar-refractivity contribution in [2.24, 2.45) is 0 Å². The van der Waals surface area contributed by atoms with Gasteiger partial charge in [-0.15, -0.1) is 0 Å². The third kappa shape index (κ3) is 6.75. The van der Waals surface area contributed by atoms with Crippen molar-refractivity contribution in [2.45, 2.75) is 31.3 Å². The Hall–Kier alpha value is -4.23. The summed E-state index contributed by atoms with van der Waals surface area (Å²) in [5, 5.41) is 5.76. The average Bonchev–Trinajstić information content (AvgIpc) is 2.96. The largest absolute Gasteiger partial charge is 0.343 e. The van der Waals surface area contributed by atoms with Gasteiger partial charge in [-0.3, -0.25) is 14.4 Å². The van der Waals surface area contributed by atoms with Crippen LogP contribution in [0, 0.1) is 0 Å². The van der Waals surface area contributed by atoms with E-state index >= 15 is 0 Å². The van der Waals surface area contributed by atoms with Crippen LogP contribution in [0.2, 0.25) is 0 Å². The summed E-state index contributed by atoms with van der Waals surface area (Å²) in [7, 11) is 1.69. The third-order valence-electron chi connectivity index (χ3n) is 6.84. The average molecular weight is 511 g/mol. The topological polar surface area (TPSA) is 81.8 Å². The van der Waals surface area contributed by atoms with Crippen LogP contribution < -0.4 is 10.6 Å². The molecular formula is C31H34N4O3. The lowest BCUT2D eigenvalue weighted by atomic mass is 9.90. The van der Waals surface area contributed by atoms with Crippen molar-refractivity contribution < 1.29 is 14.4 Å². The van der Waals surface area contributed by atoms with Gasteiger partial charge in [0.1, 0.15) is 12.6 Å². The highest BCUT2D eigenvalue weighted by atomic mass is 16.2. The van der Waals surface area contributed by atoms with Gasteiger partial charge in [0.15, 0.2) is 0 Å². The number of hydrogen-bond donors (Lipinski definition) is 2. The van der Waals surface area contributed by atoms with E-state index in [-0.39, 0.29) is 30.2 Å².